The molecule has 148 valence electrons. The van der Waals surface area contributed by atoms with Gasteiger partial charge in [-0.05, 0) is 49.6 Å². The highest BCUT2D eigenvalue weighted by atomic mass is 32.1. The van der Waals surface area contributed by atoms with Gasteiger partial charge in [-0.2, -0.15) is 0 Å². The standard InChI is InChI=1S/C19H28N4O3S/c1-3-22(12-16(24)20-11-15-5-4-10-27-15)13-23-17(25)19(21-18(23)26)8-6-14(2)7-9-19/h4-5,10,14H,3,6-9,11-13H2,1-2H3,(H,20,24)(H,21,26). The van der Waals surface area contributed by atoms with Crippen molar-refractivity contribution in [3.05, 3.63) is 22.4 Å². The van der Waals surface area contributed by atoms with E-state index in [2.05, 4.69) is 17.6 Å². The Bertz CT molecular complexity index is 683. The van der Waals surface area contributed by atoms with Gasteiger partial charge in [0.05, 0.1) is 19.8 Å². The second-order valence-corrected chi connectivity index (χ2v) is 8.60. The molecule has 1 spiro atoms. The van der Waals surface area contributed by atoms with Crippen molar-refractivity contribution >= 4 is 29.2 Å². The SMILES string of the molecule is CCN(CC(=O)NCc1cccs1)CN1C(=O)NC2(CCC(C)CC2)C1=O. The molecule has 0 radical (unpaired) electrons. The topological polar surface area (TPSA) is 81.8 Å². The minimum Gasteiger partial charge on any atom is -0.350 e. The van der Waals surface area contributed by atoms with Gasteiger partial charge in [-0.15, -0.1) is 11.3 Å². The molecule has 27 heavy (non-hydrogen) atoms. The van der Waals surface area contributed by atoms with E-state index < -0.39 is 5.54 Å². The lowest BCUT2D eigenvalue weighted by Crippen LogP contribution is -2.50. The summed E-state index contributed by atoms with van der Waals surface area (Å²) in [6.07, 6.45) is 3.29. The zero-order valence-electron chi connectivity index (χ0n) is 16.0. The molecular weight excluding hydrogens is 364 g/mol. The Labute approximate surface area is 164 Å². The molecule has 1 aliphatic carbocycles. The number of carbonyl (C=O) groups excluding carboxylic acids is 3. The molecule has 7 nitrogen and oxygen atoms in total. The first-order chi connectivity index (χ1) is 12.9. The average Bonchev–Trinajstić information content (AvgIpc) is 3.25. The molecule has 2 N–H and O–H groups in total. The Kier molecular flexibility index (Phi) is 6.16. The molecule has 1 aliphatic heterocycles. The van der Waals surface area contributed by atoms with E-state index in [4.69, 9.17) is 0 Å². The van der Waals surface area contributed by atoms with Gasteiger partial charge in [-0.1, -0.05) is 19.9 Å². The Balaban J connectivity index is 1.55. The van der Waals surface area contributed by atoms with Crippen LogP contribution in [0.3, 0.4) is 0 Å². The van der Waals surface area contributed by atoms with Crippen LogP contribution < -0.4 is 10.6 Å². The molecule has 0 atom stereocenters. The van der Waals surface area contributed by atoms with E-state index >= 15 is 0 Å². The summed E-state index contributed by atoms with van der Waals surface area (Å²) in [6, 6.07) is 3.58. The molecule has 8 heteroatoms. The van der Waals surface area contributed by atoms with Crippen LogP contribution in [0, 0.1) is 5.92 Å². The Morgan fingerprint density at radius 3 is 2.78 bits per heavy atom. The molecule has 3 rings (SSSR count). The molecule has 0 aromatic carbocycles. The van der Waals surface area contributed by atoms with E-state index in [1.54, 1.807) is 11.3 Å². The Hall–Kier alpha value is -1.93. The van der Waals surface area contributed by atoms with E-state index in [-0.39, 0.29) is 31.1 Å². The highest BCUT2D eigenvalue weighted by Crippen LogP contribution is 2.36. The lowest BCUT2D eigenvalue weighted by Gasteiger charge is -2.34. The second-order valence-electron chi connectivity index (χ2n) is 7.57. The molecule has 2 heterocycles. The number of nitrogens with zero attached hydrogens (tertiary/aromatic N) is 2. The van der Waals surface area contributed by atoms with Crippen molar-refractivity contribution in [2.75, 3.05) is 19.8 Å². The molecule has 2 aliphatic rings. The van der Waals surface area contributed by atoms with Crippen molar-refractivity contribution in [1.29, 1.82) is 0 Å². The van der Waals surface area contributed by atoms with Crippen molar-refractivity contribution in [1.82, 2.24) is 20.4 Å². The van der Waals surface area contributed by atoms with Gasteiger partial charge in [0.25, 0.3) is 5.91 Å². The third kappa shape index (κ3) is 4.50. The van der Waals surface area contributed by atoms with E-state index in [1.165, 1.54) is 4.90 Å². The summed E-state index contributed by atoms with van der Waals surface area (Å²) in [5.41, 5.74) is -0.732. The molecule has 0 bridgehead atoms. The number of urea groups is 1. The normalized spacial score (nSPS) is 25.3. The van der Waals surface area contributed by atoms with E-state index in [0.29, 0.717) is 31.8 Å². The van der Waals surface area contributed by atoms with Gasteiger partial charge in [-0.3, -0.25) is 14.5 Å². The molecule has 0 unspecified atom stereocenters. The molecule has 2 fully saturated rings. The fraction of sp³-hybridized carbons (Fsp3) is 0.632. The summed E-state index contributed by atoms with van der Waals surface area (Å²) in [5, 5.41) is 7.78. The van der Waals surface area contributed by atoms with Gasteiger partial charge < -0.3 is 10.6 Å². The summed E-state index contributed by atoms with van der Waals surface area (Å²) in [7, 11) is 0. The van der Waals surface area contributed by atoms with E-state index in [0.717, 1.165) is 17.7 Å². The van der Waals surface area contributed by atoms with Gasteiger partial charge in [-0.25, -0.2) is 9.69 Å². The first kappa shape index (κ1) is 19.8. The van der Waals surface area contributed by atoms with Gasteiger partial charge in [0.1, 0.15) is 5.54 Å². The molecular formula is C19H28N4O3S. The van der Waals surface area contributed by atoms with Gasteiger partial charge in [0.15, 0.2) is 0 Å². The quantitative estimate of drug-likeness (QED) is 0.697. The second kappa shape index (κ2) is 8.39. The highest BCUT2D eigenvalue weighted by Gasteiger charge is 2.52. The number of amides is 4. The highest BCUT2D eigenvalue weighted by molar-refractivity contribution is 7.09. The lowest BCUT2D eigenvalue weighted by atomic mass is 9.77. The summed E-state index contributed by atoms with van der Waals surface area (Å²) < 4.78 is 0. The van der Waals surface area contributed by atoms with Crippen LogP contribution in [-0.2, 0) is 16.1 Å². The third-order valence-electron chi connectivity index (χ3n) is 5.57. The maximum Gasteiger partial charge on any atom is 0.326 e. The number of carbonyl (C=O) groups is 3. The fourth-order valence-electron chi connectivity index (χ4n) is 3.72. The predicted octanol–water partition coefficient (Wildman–Crippen LogP) is 2.14. The number of imide groups is 1. The van der Waals surface area contributed by atoms with Crippen molar-refractivity contribution in [2.24, 2.45) is 5.92 Å². The van der Waals surface area contributed by atoms with E-state index in [1.807, 2.05) is 29.3 Å². The van der Waals surface area contributed by atoms with Crippen LogP contribution in [0.4, 0.5) is 4.79 Å². The average molecular weight is 393 g/mol. The Morgan fingerprint density at radius 2 is 2.15 bits per heavy atom. The van der Waals surface area contributed by atoms with Crippen LogP contribution >= 0.6 is 11.3 Å². The minimum atomic E-state index is -0.732. The number of nitrogens with one attached hydrogen (secondary N) is 2. The maximum atomic E-state index is 12.9. The number of hydrogen-bond donors (Lipinski definition) is 2. The van der Waals surface area contributed by atoms with Crippen LogP contribution in [0.1, 0.15) is 44.4 Å². The third-order valence-corrected chi connectivity index (χ3v) is 6.45. The monoisotopic (exact) mass is 392 g/mol. The smallest absolute Gasteiger partial charge is 0.326 e. The molecule has 1 saturated heterocycles. The first-order valence-corrected chi connectivity index (χ1v) is 10.5. The van der Waals surface area contributed by atoms with Gasteiger partial charge in [0.2, 0.25) is 5.91 Å². The minimum absolute atomic E-state index is 0.112. The van der Waals surface area contributed by atoms with E-state index in [9.17, 15) is 14.4 Å². The van der Waals surface area contributed by atoms with Crippen LogP contribution in [0.2, 0.25) is 0 Å². The van der Waals surface area contributed by atoms with Crippen molar-refractivity contribution < 1.29 is 14.4 Å². The summed E-state index contributed by atoms with van der Waals surface area (Å²) in [6.45, 7) is 5.47. The molecule has 1 aromatic rings. The van der Waals surface area contributed by atoms with Crippen molar-refractivity contribution in [2.45, 2.75) is 51.6 Å². The maximum absolute atomic E-state index is 12.9. The summed E-state index contributed by atoms with van der Waals surface area (Å²) >= 11 is 1.59. The van der Waals surface area contributed by atoms with Crippen molar-refractivity contribution in [3.8, 4) is 0 Å². The Morgan fingerprint density at radius 1 is 1.41 bits per heavy atom. The summed E-state index contributed by atoms with van der Waals surface area (Å²) in [5.74, 6) is 0.337. The predicted molar refractivity (Wildman–Crippen MR) is 104 cm³/mol. The largest absolute Gasteiger partial charge is 0.350 e. The lowest BCUT2D eigenvalue weighted by molar-refractivity contribution is -0.135. The number of rotatable bonds is 7. The van der Waals surface area contributed by atoms with Crippen molar-refractivity contribution in [3.63, 3.8) is 0 Å². The van der Waals surface area contributed by atoms with Crippen LogP contribution in [0.15, 0.2) is 17.5 Å². The van der Waals surface area contributed by atoms with Crippen LogP contribution in [0.25, 0.3) is 0 Å². The van der Waals surface area contributed by atoms with Gasteiger partial charge >= 0.3 is 6.03 Å². The van der Waals surface area contributed by atoms with Gasteiger partial charge in [0, 0.05) is 4.88 Å². The number of thiophene rings is 1. The van der Waals surface area contributed by atoms with Crippen LogP contribution in [0.5, 0.6) is 0 Å². The van der Waals surface area contributed by atoms with Crippen LogP contribution in [-0.4, -0.2) is 52.9 Å². The molecule has 4 amide bonds. The number of hydrogen-bond acceptors (Lipinski definition) is 5. The number of likely N-dealkylation sites (N-methyl/N-ethyl adjacent to an activating group) is 1. The zero-order valence-corrected chi connectivity index (χ0v) is 16.8. The fourth-order valence-corrected chi connectivity index (χ4v) is 4.36. The zero-order chi connectivity index (χ0) is 19.4. The first-order valence-electron chi connectivity index (χ1n) is 9.59. The molecule has 1 aromatic heterocycles. The summed E-state index contributed by atoms with van der Waals surface area (Å²) in [4.78, 5) is 41.8. The molecule has 1 saturated carbocycles.